The van der Waals surface area contributed by atoms with Crippen molar-refractivity contribution in [2.24, 2.45) is 0 Å². The van der Waals surface area contributed by atoms with Gasteiger partial charge in [-0.3, -0.25) is 9.55 Å². The molecule has 204 valence electrons. The Morgan fingerprint density at radius 2 is 1.27 bits per heavy atom. The molecule has 0 bridgehead atoms. The molecule has 0 aliphatic rings. The van der Waals surface area contributed by atoms with E-state index in [2.05, 4.69) is 89.5 Å². The van der Waals surface area contributed by atoms with Gasteiger partial charge in [0.2, 0.25) is 0 Å². The summed E-state index contributed by atoms with van der Waals surface area (Å²) in [5.41, 5.74) is 7.92. The number of rotatable bonds is 2. The van der Waals surface area contributed by atoms with E-state index in [4.69, 9.17) is 19.4 Å². The quantitative estimate of drug-likeness (QED) is 0.197. The standard InChI is InChI=1S/C39H22N4O/c1-2-11-23(12-3-1)35-39(42-36-29(41-35)21-20-24-13-10-22-40-34(24)36)43-30-18-8-6-16-27(30)32-25-14-4-5-15-26(25)33-28-17-7-9-19-31(28)44-38(33)37(32)43/h1-22H. The highest BCUT2D eigenvalue weighted by molar-refractivity contribution is 6.35. The van der Waals surface area contributed by atoms with Crippen LogP contribution in [-0.2, 0) is 0 Å². The van der Waals surface area contributed by atoms with Crippen molar-refractivity contribution in [3.63, 3.8) is 0 Å². The molecular weight excluding hydrogens is 540 g/mol. The molecule has 10 rings (SSSR count). The molecule has 4 aromatic heterocycles. The van der Waals surface area contributed by atoms with Crippen molar-refractivity contribution < 1.29 is 4.42 Å². The fourth-order valence-corrected chi connectivity index (χ4v) is 6.94. The van der Waals surface area contributed by atoms with Gasteiger partial charge in [0.05, 0.1) is 22.1 Å². The zero-order chi connectivity index (χ0) is 28.8. The second kappa shape index (κ2) is 8.72. The molecule has 44 heavy (non-hydrogen) atoms. The Morgan fingerprint density at radius 1 is 0.545 bits per heavy atom. The molecule has 0 radical (unpaired) electrons. The monoisotopic (exact) mass is 562 g/mol. The van der Waals surface area contributed by atoms with Crippen LogP contribution in [0.4, 0.5) is 0 Å². The lowest BCUT2D eigenvalue weighted by Gasteiger charge is -2.14. The fraction of sp³-hybridized carbons (Fsp3) is 0. The SMILES string of the molecule is c1ccc(-c2nc3ccc4cccnc4c3nc2-n2c3ccccc3c3c4ccccc4c4c5ccccc5oc4c32)cc1. The lowest BCUT2D eigenvalue weighted by molar-refractivity contribution is 0.671. The first kappa shape index (κ1) is 23.5. The van der Waals surface area contributed by atoms with Crippen LogP contribution in [0.2, 0.25) is 0 Å². The highest BCUT2D eigenvalue weighted by atomic mass is 16.3. The number of para-hydroxylation sites is 2. The number of benzene rings is 6. The third-order valence-corrected chi connectivity index (χ3v) is 8.80. The Labute approximate surface area is 250 Å². The minimum absolute atomic E-state index is 0.741. The maximum Gasteiger partial charge on any atom is 0.165 e. The molecule has 0 aliphatic carbocycles. The van der Waals surface area contributed by atoms with Crippen LogP contribution >= 0.6 is 0 Å². The molecule has 0 atom stereocenters. The average Bonchev–Trinajstić information content (AvgIpc) is 3.65. The van der Waals surface area contributed by atoms with E-state index in [1.807, 2.05) is 48.7 Å². The first-order valence-electron chi connectivity index (χ1n) is 14.7. The van der Waals surface area contributed by atoms with E-state index < -0.39 is 0 Å². The third-order valence-electron chi connectivity index (χ3n) is 8.80. The van der Waals surface area contributed by atoms with Crippen LogP contribution in [0.15, 0.2) is 138 Å². The summed E-state index contributed by atoms with van der Waals surface area (Å²) < 4.78 is 9.05. The Morgan fingerprint density at radius 3 is 2.14 bits per heavy atom. The molecule has 0 fully saturated rings. The summed E-state index contributed by atoms with van der Waals surface area (Å²) in [6.45, 7) is 0. The zero-order valence-electron chi connectivity index (χ0n) is 23.4. The molecule has 0 amide bonds. The highest BCUT2D eigenvalue weighted by Crippen LogP contribution is 2.46. The Balaban J connectivity index is 1.49. The van der Waals surface area contributed by atoms with Gasteiger partial charge < -0.3 is 4.42 Å². The summed E-state index contributed by atoms with van der Waals surface area (Å²) in [5.74, 6) is 0.741. The maximum absolute atomic E-state index is 6.79. The van der Waals surface area contributed by atoms with E-state index >= 15 is 0 Å². The highest BCUT2D eigenvalue weighted by Gasteiger charge is 2.25. The molecule has 0 saturated carbocycles. The largest absolute Gasteiger partial charge is 0.454 e. The van der Waals surface area contributed by atoms with Gasteiger partial charge in [0.25, 0.3) is 0 Å². The van der Waals surface area contributed by atoms with E-state index in [1.54, 1.807) is 0 Å². The summed E-state index contributed by atoms with van der Waals surface area (Å²) in [6, 6.07) is 43.9. The van der Waals surface area contributed by atoms with Crippen LogP contribution in [0.3, 0.4) is 0 Å². The molecule has 10 aromatic rings. The van der Waals surface area contributed by atoms with Gasteiger partial charge in [0.1, 0.15) is 16.8 Å². The smallest absolute Gasteiger partial charge is 0.165 e. The number of hydrogen-bond donors (Lipinski definition) is 0. The number of nitrogens with zero attached hydrogens (tertiary/aromatic N) is 4. The van der Waals surface area contributed by atoms with Crippen molar-refractivity contribution in [2.75, 3.05) is 0 Å². The van der Waals surface area contributed by atoms with Gasteiger partial charge in [-0.2, -0.15) is 0 Å². The van der Waals surface area contributed by atoms with Gasteiger partial charge in [0, 0.05) is 38.7 Å². The number of aromatic nitrogens is 4. The lowest BCUT2D eigenvalue weighted by atomic mass is 9.99. The molecule has 0 N–H and O–H groups in total. The second-order valence-electron chi connectivity index (χ2n) is 11.2. The van der Waals surface area contributed by atoms with Gasteiger partial charge in [-0.15, -0.1) is 0 Å². The van der Waals surface area contributed by atoms with Gasteiger partial charge >= 0.3 is 0 Å². The summed E-state index contributed by atoms with van der Waals surface area (Å²) in [4.78, 5) is 15.5. The number of pyridine rings is 1. The van der Waals surface area contributed by atoms with E-state index in [9.17, 15) is 0 Å². The molecule has 0 saturated heterocycles. The maximum atomic E-state index is 6.79. The molecule has 4 heterocycles. The van der Waals surface area contributed by atoms with Crippen LogP contribution in [-0.4, -0.2) is 19.5 Å². The normalized spacial score (nSPS) is 12.1. The van der Waals surface area contributed by atoms with E-state index in [0.717, 1.165) is 82.8 Å². The zero-order valence-corrected chi connectivity index (χ0v) is 23.4. The molecule has 0 aliphatic heterocycles. The fourth-order valence-electron chi connectivity index (χ4n) is 6.94. The number of fused-ring (bicyclic) bond motifs is 13. The van der Waals surface area contributed by atoms with E-state index in [-0.39, 0.29) is 0 Å². The van der Waals surface area contributed by atoms with Gasteiger partial charge in [-0.25, -0.2) is 9.97 Å². The van der Waals surface area contributed by atoms with Crippen molar-refractivity contribution in [3.05, 3.63) is 134 Å². The topological polar surface area (TPSA) is 56.7 Å². The average molecular weight is 563 g/mol. The minimum atomic E-state index is 0.741. The van der Waals surface area contributed by atoms with Crippen molar-refractivity contribution in [3.8, 4) is 17.1 Å². The first-order valence-corrected chi connectivity index (χ1v) is 14.7. The summed E-state index contributed by atoms with van der Waals surface area (Å²) >= 11 is 0. The van der Waals surface area contributed by atoms with Crippen LogP contribution in [0.5, 0.6) is 0 Å². The van der Waals surface area contributed by atoms with Crippen LogP contribution < -0.4 is 0 Å². The van der Waals surface area contributed by atoms with Gasteiger partial charge in [-0.1, -0.05) is 103 Å². The second-order valence-corrected chi connectivity index (χ2v) is 11.2. The molecule has 5 nitrogen and oxygen atoms in total. The number of furan rings is 1. The molecular formula is C39H22N4O. The summed E-state index contributed by atoms with van der Waals surface area (Å²) in [5, 5.41) is 7.86. The molecule has 0 unspecified atom stereocenters. The summed E-state index contributed by atoms with van der Waals surface area (Å²) in [6.07, 6.45) is 1.82. The Kier molecular flexibility index (Phi) is 4.66. The number of hydrogen-bond acceptors (Lipinski definition) is 4. The first-order chi connectivity index (χ1) is 21.8. The van der Waals surface area contributed by atoms with E-state index in [1.165, 1.54) is 10.8 Å². The summed E-state index contributed by atoms with van der Waals surface area (Å²) in [7, 11) is 0. The van der Waals surface area contributed by atoms with E-state index in [0.29, 0.717) is 0 Å². The van der Waals surface area contributed by atoms with Crippen molar-refractivity contribution in [2.45, 2.75) is 0 Å². The van der Waals surface area contributed by atoms with Gasteiger partial charge in [0.15, 0.2) is 11.4 Å². The molecule has 6 aromatic carbocycles. The predicted molar refractivity (Wildman–Crippen MR) is 179 cm³/mol. The lowest BCUT2D eigenvalue weighted by Crippen LogP contribution is -2.04. The predicted octanol–water partition coefficient (Wildman–Crippen LogP) is 9.99. The van der Waals surface area contributed by atoms with Crippen LogP contribution in [0.25, 0.3) is 93.5 Å². The van der Waals surface area contributed by atoms with Gasteiger partial charge in [-0.05, 0) is 35.0 Å². The Bertz CT molecular complexity index is 2780. The molecule has 5 heteroatoms. The Hall–Kier alpha value is -6.07. The van der Waals surface area contributed by atoms with Crippen molar-refractivity contribution >= 4 is 76.5 Å². The minimum Gasteiger partial charge on any atom is -0.454 e. The van der Waals surface area contributed by atoms with Crippen molar-refractivity contribution in [1.29, 1.82) is 0 Å². The van der Waals surface area contributed by atoms with Crippen LogP contribution in [0, 0.1) is 0 Å². The molecule has 0 spiro atoms. The van der Waals surface area contributed by atoms with Crippen LogP contribution in [0.1, 0.15) is 0 Å². The third kappa shape index (κ3) is 3.10. The van der Waals surface area contributed by atoms with Crippen molar-refractivity contribution in [1.82, 2.24) is 19.5 Å².